The van der Waals surface area contributed by atoms with Crippen LogP contribution in [-0.2, 0) is 22.5 Å². The number of aromatic nitrogens is 2. The first-order valence-corrected chi connectivity index (χ1v) is 11.6. The lowest BCUT2D eigenvalue weighted by molar-refractivity contribution is -0.0343. The van der Waals surface area contributed by atoms with Gasteiger partial charge in [-0.3, -0.25) is 14.4 Å². The largest absolute Gasteiger partial charge is 0.527 e. The number of nitrogens with one attached hydrogen (secondary N) is 1. The summed E-state index contributed by atoms with van der Waals surface area (Å²) in [5.74, 6) is 0. The summed E-state index contributed by atoms with van der Waals surface area (Å²) in [6.07, 6.45) is 2.88. The SMILES string of the molecule is CC(Cn1ccnc1OP(=O)(O)O)(Nc1ccc(Cl)c(Cl)c1)OCc1ccc(Cl)cc1. The number of rotatable bonds is 9. The van der Waals surface area contributed by atoms with Gasteiger partial charge in [0, 0.05) is 23.1 Å². The molecule has 12 heteroatoms. The van der Waals surface area contributed by atoms with Crippen LogP contribution in [0.3, 0.4) is 0 Å². The maximum Gasteiger partial charge on any atom is 0.527 e. The van der Waals surface area contributed by atoms with E-state index in [4.69, 9.17) is 49.3 Å². The monoisotopic (exact) mass is 505 g/mol. The molecule has 31 heavy (non-hydrogen) atoms. The van der Waals surface area contributed by atoms with Crippen molar-refractivity contribution in [2.75, 3.05) is 5.32 Å². The fraction of sp³-hybridized carbons (Fsp3) is 0.211. The van der Waals surface area contributed by atoms with Crippen LogP contribution in [0, 0.1) is 0 Å². The molecule has 1 unspecified atom stereocenters. The molecular weight excluding hydrogens is 488 g/mol. The van der Waals surface area contributed by atoms with E-state index in [0.717, 1.165) is 5.56 Å². The average molecular weight is 507 g/mol. The molecule has 0 fully saturated rings. The standard InChI is InChI=1S/C19H19Cl3N3O5P/c1-19(24-15-6-7-16(21)17(22)10-15,29-11-13-2-4-14(20)5-3-13)12-25-9-8-23-18(25)30-31(26,27)28/h2-10,24H,11-12H2,1H3,(H2,26,27,28). The Hall–Kier alpha value is -1.77. The molecule has 3 rings (SSSR count). The van der Waals surface area contributed by atoms with Crippen LogP contribution in [-0.4, -0.2) is 25.1 Å². The molecule has 0 spiro atoms. The van der Waals surface area contributed by atoms with Gasteiger partial charge >= 0.3 is 13.8 Å². The van der Waals surface area contributed by atoms with E-state index in [2.05, 4.69) is 14.8 Å². The molecule has 166 valence electrons. The second-order valence-electron chi connectivity index (χ2n) is 6.82. The average Bonchev–Trinajstić information content (AvgIpc) is 3.09. The van der Waals surface area contributed by atoms with E-state index >= 15 is 0 Å². The van der Waals surface area contributed by atoms with Crippen molar-refractivity contribution >= 4 is 48.3 Å². The number of imidazole rings is 1. The van der Waals surface area contributed by atoms with E-state index < -0.39 is 13.5 Å². The number of hydrogen-bond acceptors (Lipinski definition) is 5. The van der Waals surface area contributed by atoms with Gasteiger partial charge in [0.2, 0.25) is 0 Å². The lowest BCUT2D eigenvalue weighted by Gasteiger charge is -2.33. The highest BCUT2D eigenvalue weighted by Crippen LogP contribution is 2.37. The van der Waals surface area contributed by atoms with Crippen LogP contribution in [0.25, 0.3) is 0 Å². The minimum atomic E-state index is -4.78. The van der Waals surface area contributed by atoms with Crippen LogP contribution < -0.4 is 9.84 Å². The molecule has 0 saturated heterocycles. The lowest BCUT2D eigenvalue weighted by Crippen LogP contribution is -2.42. The highest BCUT2D eigenvalue weighted by Gasteiger charge is 2.29. The lowest BCUT2D eigenvalue weighted by atomic mass is 10.2. The van der Waals surface area contributed by atoms with Gasteiger partial charge < -0.3 is 14.6 Å². The molecule has 3 aromatic rings. The Bertz CT molecular complexity index is 1090. The van der Waals surface area contributed by atoms with Gasteiger partial charge in [0.05, 0.1) is 23.2 Å². The smallest absolute Gasteiger partial charge is 0.370 e. The number of halogens is 3. The summed E-state index contributed by atoms with van der Waals surface area (Å²) in [6.45, 7) is 2.09. The summed E-state index contributed by atoms with van der Waals surface area (Å²) in [7, 11) is -4.78. The van der Waals surface area contributed by atoms with E-state index in [1.165, 1.54) is 17.0 Å². The summed E-state index contributed by atoms with van der Waals surface area (Å²) in [5.41, 5.74) is 0.444. The Morgan fingerprint density at radius 1 is 1.13 bits per heavy atom. The van der Waals surface area contributed by atoms with Gasteiger partial charge in [-0.25, -0.2) is 9.55 Å². The third-order valence-corrected chi connectivity index (χ3v) is 5.54. The van der Waals surface area contributed by atoms with Gasteiger partial charge in [0.1, 0.15) is 0 Å². The van der Waals surface area contributed by atoms with Crippen LogP contribution in [0.5, 0.6) is 6.01 Å². The highest BCUT2D eigenvalue weighted by atomic mass is 35.5. The zero-order valence-electron chi connectivity index (χ0n) is 16.2. The Kier molecular flexibility index (Phi) is 7.55. The molecule has 0 aliphatic rings. The van der Waals surface area contributed by atoms with Crippen molar-refractivity contribution in [1.29, 1.82) is 0 Å². The van der Waals surface area contributed by atoms with Crippen molar-refractivity contribution in [1.82, 2.24) is 9.55 Å². The molecule has 3 N–H and O–H groups in total. The van der Waals surface area contributed by atoms with Crippen molar-refractivity contribution in [2.45, 2.75) is 25.8 Å². The minimum Gasteiger partial charge on any atom is -0.370 e. The van der Waals surface area contributed by atoms with Crippen LogP contribution in [0.2, 0.25) is 15.1 Å². The number of anilines is 1. The Morgan fingerprint density at radius 2 is 1.84 bits per heavy atom. The molecule has 0 bridgehead atoms. The van der Waals surface area contributed by atoms with Crippen molar-refractivity contribution in [2.24, 2.45) is 0 Å². The Morgan fingerprint density at radius 3 is 2.48 bits per heavy atom. The zero-order valence-corrected chi connectivity index (χ0v) is 19.4. The minimum absolute atomic E-state index is 0.0934. The summed E-state index contributed by atoms with van der Waals surface area (Å²) < 4.78 is 23.5. The van der Waals surface area contributed by atoms with E-state index in [1.807, 2.05) is 12.1 Å². The molecule has 8 nitrogen and oxygen atoms in total. The molecule has 1 aromatic heterocycles. The first-order chi connectivity index (χ1) is 14.5. The van der Waals surface area contributed by atoms with Crippen molar-refractivity contribution in [3.05, 3.63) is 75.5 Å². The van der Waals surface area contributed by atoms with Crippen molar-refractivity contribution in [3.8, 4) is 6.01 Å². The molecule has 1 atom stereocenters. The maximum atomic E-state index is 11.2. The number of benzene rings is 2. The van der Waals surface area contributed by atoms with Crippen LogP contribution in [0.4, 0.5) is 5.69 Å². The topological polar surface area (TPSA) is 106 Å². The fourth-order valence-electron chi connectivity index (χ4n) is 2.77. The summed E-state index contributed by atoms with van der Waals surface area (Å²) in [6, 6.07) is 12.0. The number of phosphoric acid groups is 1. The number of hydrogen-bond donors (Lipinski definition) is 3. The zero-order chi connectivity index (χ0) is 22.6. The number of phosphoric ester groups is 1. The fourth-order valence-corrected chi connectivity index (χ4v) is 3.56. The predicted molar refractivity (Wildman–Crippen MR) is 120 cm³/mol. The van der Waals surface area contributed by atoms with Crippen LogP contribution >= 0.6 is 42.6 Å². The molecule has 0 radical (unpaired) electrons. The molecular formula is C19H19Cl3N3O5P. The van der Waals surface area contributed by atoms with Gasteiger partial charge in [0.25, 0.3) is 0 Å². The van der Waals surface area contributed by atoms with Gasteiger partial charge in [-0.15, -0.1) is 0 Å². The summed E-state index contributed by atoms with van der Waals surface area (Å²) in [4.78, 5) is 22.1. The third-order valence-electron chi connectivity index (χ3n) is 4.15. The van der Waals surface area contributed by atoms with Gasteiger partial charge in [-0.05, 0) is 42.8 Å². The summed E-state index contributed by atoms with van der Waals surface area (Å²) >= 11 is 18.1. The van der Waals surface area contributed by atoms with Crippen LogP contribution in [0.1, 0.15) is 12.5 Å². The highest BCUT2D eigenvalue weighted by molar-refractivity contribution is 7.46. The number of nitrogens with zero attached hydrogens (tertiary/aromatic N) is 2. The van der Waals surface area contributed by atoms with Crippen molar-refractivity contribution in [3.63, 3.8) is 0 Å². The normalized spacial score (nSPS) is 13.6. The first kappa shape index (κ1) is 23.9. The van der Waals surface area contributed by atoms with E-state index in [1.54, 1.807) is 37.3 Å². The molecule has 1 heterocycles. The van der Waals surface area contributed by atoms with Crippen molar-refractivity contribution < 1.29 is 23.6 Å². The Labute approximate surface area is 193 Å². The van der Waals surface area contributed by atoms with Gasteiger partial charge in [-0.2, -0.15) is 0 Å². The van der Waals surface area contributed by atoms with E-state index in [0.29, 0.717) is 20.8 Å². The second kappa shape index (κ2) is 9.79. The predicted octanol–water partition coefficient (Wildman–Crippen LogP) is 5.36. The molecule has 2 aromatic carbocycles. The summed E-state index contributed by atoms with van der Waals surface area (Å²) in [5, 5.41) is 4.62. The quantitative estimate of drug-likeness (QED) is 0.265. The van der Waals surface area contributed by atoms with Gasteiger partial charge in [-0.1, -0.05) is 46.9 Å². The van der Waals surface area contributed by atoms with Crippen LogP contribution in [0.15, 0.2) is 54.9 Å². The molecule has 0 aliphatic carbocycles. The third kappa shape index (κ3) is 7.12. The molecule has 0 aliphatic heterocycles. The van der Waals surface area contributed by atoms with E-state index in [-0.39, 0.29) is 19.2 Å². The first-order valence-electron chi connectivity index (χ1n) is 8.91. The van der Waals surface area contributed by atoms with Gasteiger partial charge in [0.15, 0.2) is 5.72 Å². The molecule has 0 saturated carbocycles. The number of ether oxygens (including phenoxy) is 1. The molecule has 0 amide bonds. The Balaban J connectivity index is 1.86. The maximum absolute atomic E-state index is 11.2. The second-order valence-corrected chi connectivity index (χ2v) is 9.23. The van der Waals surface area contributed by atoms with E-state index in [9.17, 15) is 4.57 Å².